The average molecular weight is 992 g/mol. The number of hydrogen-bond donors (Lipinski definition) is 0. The zero-order chi connectivity index (χ0) is 51.4. The lowest BCUT2D eigenvalue weighted by molar-refractivity contribution is -0.167. The van der Waals surface area contributed by atoms with Crippen LogP contribution in [-0.4, -0.2) is 37.2 Å². The van der Waals surface area contributed by atoms with E-state index in [1.807, 2.05) is 0 Å². The van der Waals surface area contributed by atoms with Crippen molar-refractivity contribution in [3.63, 3.8) is 0 Å². The molecular weight excluding hydrogens is 877 g/mol. The molecule has 1 atom stereocenters. The Morgan fingerprint density at radius 2 is 0.549 bits per heavy atom. The van der Waals surface area contributed by atoms with Gasteiger partial charge in [-0.25, -0.2) is 0 Å². The van der Waals surface area contributed by atoms with Gasteiger partial charge in [-0.15, -0.1) is 0 Å². The Morgan fingerprint density at radius 3 is 0.859 bits per heavy atom. The molecule has 0 heterocycles. The largest absolute Gasteiger partial charge is 0.462 e. The van der Waals surface area contributed by atoms with E-state index in [1.165, 1.54) is 161 Å². The van der Waals surface area contributed by atoms with Gasteiger partial charge in [-0.2, -0.15) is 0 Å². The molecule has 6 nitrogen and oxygen atoms in total. The van der Waals surface area contributed by atoms with Gasteiger partial charge in [0, 0.05) is 19.3 Å². The molecule has 0 aromatic carbocycles. The fraction of sp³-hybridized carbons (Fsp3) is 0.769. The lowest BCUT2D eigenvalue weighted by Crippen LogP contribution is -2.30. The lowest BCUT2D eigenvalue weighted by Gasteiger charge is -2.18. The van der Waals surface area contributed by atoms with Gasteiger partial charge in [0.1, 0.15) is 13.2 Å². The molecule has 0 aliphatic carbocycles. The van der Waals surface area contributed by atoms with Crippen LogP contribution in [0.15, 0.2) is 72.9 Å². The van der Waals surface area contributed by atoms with Gasteiger partial charge in [-0.05, 0) is 89.9 Å². The highest BCUT2D eigenvalue weighted by atomic mass is 16.6. The number of ether oxygens (including phenoxy) is 3. The maximum atomic E-state index is 12.9. The molecule has 0 aliphatic heterocycles. The van der Waals surface area contributed by atoms with Crippen molar-refractivity contribution < 1.29 is 28.6 Å². The van der Waals surface area contributed by atoms with Crippen molar-refractivity contribution in [2.24, 2.45) is 0 Å². The molecule has 0 radical (unpaired) electrons. The first-order valence-electron chi connectivity index (χ1n) is 30.4. The van der Waals surface area contributed by atoms with Crippen molar-refractivity contribution in [2.75, 3.05) is 13.2 Å². The van der Waals surface area contributed by atoms with Crippen molar-refractivity contribution in [2.45, 2.75) is 309 Å². The second-order valence-corrected chi connectivity index (χ2v) is 20.2. The molecule has 1 unspecified atom stereocenters. The monoisotopic (exact) mass is 991 g/mol. The summed E-state index contributed by atoms with van der Waals surface area (Å²) in [5.74, 6) is -0.897. The van der Waals surface area contributed by atoms with E-state index in [-0.39, 0.29) is 31.1 Å². The Kier molecular flexibility index (Phi) is 56.8. The van der Waals surface area contributed by atoms with Crippen molar-refractivity contribution in [3.8, 4) is 0 Å². The fourth-order valence-electron chi connectivity index (χ4n) is 8.64. The van der Waals surface area contributed by atoms with Crippen LogP contribution in [0.3, 0.4) is 0 Å². The summed E-state index contributed by atoms with van der Waals surface area (Å²) in [6.45, 7) is 6.52. The van der Waals surface area contributed by atoms with Crippen LogP contribution < -0.4 is 0 Å². The number of carbonyl (C=O) groups excluding carboxylic acids is 3. The topological polar surface area (TPSA) is 78.9 Å². The van der Waals surface area contributed by atoms with E-state index in [0.717, 1.165) is 103 Å². The zero-order valence-corrected chi connectivity index (χ0v) is 47.0. The summed E-state index contributed by atoms with van der Waals surface area (Å²) in [7, 11) is 0. The summed E-state index contributed by atoms with van der Waals surface area (Å²) in [5.41, 5.74) is 0. The number of esters is 3. The van der Waals surface area contributed by atoms with Gasteiger partial charge in [-0.1, -0.05) is 267 Å². The fourth-order valence-corrected chi connectivity index (χ4v) is 8.64. The maximum Gasteiger partial charge on any atom is 0.306 e. The maximum absolute atomic E-state index is 12.9. The lowest BCUT2D eigenvalue weighted by atomic mass is 10.0. The number of allylic oxidation sites excluding steroid dienone is 12. The van der Waals surface area contributed by atoms with Crippen LogP contribution in [0, 0.1) is 0 Å². The summed E-state index contributed by atoms with van der Waals surface area (Å²) in [4.78, 5) is 38.2. The van der Waals surface area contributed by atoms with Gasteiger partial charge in [-0.3, -0.25) is 14.4 Å². The second-order valence-electron chi connectivity index (χ2n) is 20.2. The Hall–Kier alpha value is -3.15. The summed E-state index contributed by atoms with van der Waals surface area (Å²) in [6.07, 6.45) is 76.1. The first-order valence-corrected chi connectivity index (χ1v) is 30.4. The first kappa shape index (κ1) is 67.8. The van der Waals surface area contributed by atoms with Crippen LogP contribution in [0.1, 0.15) is 303 Å². The van der Waals surface area contributed by atoms with Gasteiger partial charge in [0.05, 0.1) is 0 Å². The number of rotatable bonds is 55. The standard InChI is InChI=1S/C65H114O6/c1-4-7-10-13-16-19-22-25-27-29-30-31-32-33-34-36-37-40-43-46-49-52-55-58-64(67)70-61-62(60-69-63(66)57-54-51-48-45-42-39-24-21-18-15-12-9-6-3)71-65(68)59-56-53-50-47-44-41-38-35-28-26-23-20-17-14-11-8-5-2/h8,11,17,20,22,25-26,28-30,38,41,62H,4-7,9-10,12-16,18-19,21,23-24,27,31-37,39-40,42-61H2,1-3H3/b11-8-,20-17-,25-22-,28-26-,30-29-,41-38-. The minimum atomic E-state index is -0.788. The van der Waals surface area contributed by atoms with Gasteiger partial charge in [0.2, 0.25) is 0 Å². The van der Waals surface area contributed by atoms with Crippen molar-refractivity contribution in [1.29, 1.82) is 0 Å². The predicted octanol–water partition coefficient (Wildman–Crippen LogP) is 20.5. The van der Waals surface area contributed by atoms with Gasteiger partial charge in [0.25, 0.3) is 0 Å². The van der Waals surface area contributed by atoms with E-state index >= 15 is 0 Å². The van der Waals surface area contributed by atoms with Gasteiger partial charge in [0.15, 0.2) is 6.10 Å². The summed E-state index contributed by atoms with van der Waals surface area (Å²) in [6, 6.07) is 0. The van der Waals surface area contributed by atoms with Crippen LogP contribution in [0.2, 0.25) is 0 Å². The third kappa shape index (κ3) is 57.6. The summed E-state index contributed by atoms with van der Waals surface area (Å²) >= 11 is 0. The minimum absolute atomic E-state index is 0.0834. The van der Waals surface area contributed by atoms with E-state index in [2.05, 4.69) is 93.7 Å². The molecule has 0 amide bonds. The van der Waals surface area contributed by atoms with E-state index in [9.17, 15) is 14.4 Å². The SMILES string of the molecule is CC/C=C\C/C=C\C/C=C\C/C=C\CCCCCCC(=O)OC(COC(=O)CCCCCCCCCCCCC/C=C\C/C=C\CCCCCCC)COC(=O)CCCCCCCCCCCCCCC. The Labute approximate surface area is 440 Å². The second kappa shape index (κ2) is 59.4. The average Bonchev–Trinajstić information content (AvgIpc) is 3.37. The molecule has 0 N–H and O–H groups in total. The molecule has 0 rings (SSSR count). The Bertz CT molecular complexity index is 1320. The molecule has 0 aliphatic rings. The minimum Gasteiger partial charge on any atom is -0.462 e. The normalized spacial score (nSPS) is 12.5. The molecule has 0 saturated carbocycles. The molecule has 0 aromatic rings. The Balaban J connectivity index is 4.34. The molecular formula is C65H114O6. The molecule has 0 aromatic heterocycles. The van der Waals surface area contributed by atoms with Crippen LogP contribution in [0.5, 0.6) is 0 Å². The molecule has 71 heavy (non-hydrogen) atoms. The van der Waals surface area contributed by atoms with Crippen LogP contribution in [0.4, 0.5) is 0 Å². The zero-order valence-electron chi connectivity index (χ0n) is 47.0. The van der Waals surface area contributed by atoms with Crippen molar-refractivity contribution >= 4 is 17.9 Å². The van der Waals surface area contributed by atoms with Gasteiger partial charge >= 0.3 is 17.9 Å². The van der Waals surface area contributed by atoms with Crippen LogP contribution >= 0.6 is 0 Å². The highest BCUT2D eigenvalue weighted by Gasteiger charge is 2.19. The molecule has 0 spiro atoms. The number of carbonyl (C=O) groups is 3. The Morgan fingerprint density at radius 1 is 0.296 bits per heavy atom. The highest BCUT2D eigenvalue weighted by Crippen LogP contribution is 2.16. The summed E-state index contributed by atoms with van der Waals surface area (Å²) in [5, 5.41) is 0. The van der Waals surface area contributed by atoms with E-state index in [1.54, 1.807) is 0 Å². The van der Waals surface area contributed by atoms with Crippen LogP contribution in [0.25, 0.3) is 0 Å². The van der Waals surface area contributed by atoms with Gasteiger partial charge < -0.3 is 14.2 Å². The smallest absolute Gasteiger partial charge is 0.306 e. The third-order valence-corrected chi connectivity index (χ3v) is 13.2. The first-order chi connectivity index (χ1) is 35.0. The van der Waals surface area contributed by atoms with E-state index in [0.29, 0.717) is 19.3 Å². The molecule has 0 saturated heterocycles. The van der Waals surface area contributed by atoms with Crippen molar-refractivity contribution in [3.05, 3.63) is 72.9 Å². The van der Waals surface area contributed by atoms with E-state index < -0.39 is 6.10 Å². The number of hydrogen-bond acceptors (Lipinski definition) is 6. The van der Waals surface area contributed by atoms with Crippen LogP contribution in [-0.2, 0) is 28.6 Å². The third-order valence-electron chi connectivity index (χ3n) is 13.2. The van der Waals surface area contributed by atoms with E-state index in [4.69, 9.17) is 14.2 Å². The highest BCUT2D eigenvalue weighted by molar-refractivity contribution is 5.71. The quantitative estimate of drug-likeness (QED) is 0.0261. The molecule has 0 fully saturated rings. The summed E-state index contributed by atoms with van der Waals surface area (Å²) < 4.78 is 16.9. The molecule has 0 bridgehead atoms. The van der Waals surface area contributed by atoms with Crippen molar-refractivity contribution in [1.82, 2.24) is 0 Å². The predicted molar refractivity (Wildman–Crippen MR) is 307 cm³/mol. The molecule has 6 heteroatoms. The molecule has 410 valence electrons. The number of unbranched alkanes of at least 4 members (excludes halogenated alkanes) is 32.